The maximum atomic E-state index is 12.6. The maximum Gasteiger partial charge on any atom is 0.264 e. The number of carbonyl (C=O) groups is 2. The lowest BCUT2D eigenvalue weighted by Crippen LogP contribution is -2.35. The van der Waals surface area contributed by atoms with Gasteiger partial charge in [-0.2, -0.15) is 11.3 Å². The number of hydrogen-bond donors (Lipinski definition) is 1. The lowest BCUT2D eigenvalue weighted by Gasteiger charge is -2.25. The molecule has 128 valence electrons. The fourth-order valence-corrected chi connectivity index (χ4v) is 5.20. The smallest absolute Gasteiger partial charge is 0.264 e. The first-order valence-electron chi connectivity index (χ1n) is 7.76. The molecule has 3 aromatic rings. The number of anilines is 1. The molecule has 1 aliphatic heterocycles. The van der Waals surface area contributed by atoms with E-state index < -0.39 is 0 Å². The molecular formula is C17H15N3O2S3. The van der Waals surface area contributed by atoms with Crippen LogP contribution in [-0.2, 0) is 13.0 Å². The number of thiazole rings is 1. The molecule has 0 unspecified atom stereocenters. The van der Waals surface area contributed by atoms with Crippen LogP contribution in [0, 0.1) is 6.92 Å². The van der Waals surface area contributed by atoms with Crippen molar-refractivity contribution < 1.29 is 9.59 Å². The number of thiophene rings is 2. The summed E-state index contributed by atoms with van der Waals surface area (Å²) in [4.78, 5) is 33.0. The predicted molar refractivity (Wildman–Crippen MR) is 102 cm³/mol. The van der Waals surface area contributed by atoms with E-state index in [9.17, 15) is 9.59 Å². The van der Waals surface area contributed by atoms with Gasteiger partial charge in [-0.15, -0.1) is 11.3 Å². The second-order valence-corrected chi connectivity index (χ2v) is 8.59. The van der Waals surface area contributed by atoms with Gasteiger partial charge in [-0.3, -0.25) is 14.9 Å². The molecule has 0 saturated carbocycles. The number of nitrogens with zero attached hydrogens (tertiary/aromatic N) is 2. The van der Waals surface area contributed by atoms with Gasteiger partial charge < -0.3 is 4.90 Å². The van der Waals surface area contributed by atoms with Crippen molar-refractivity contribution in [1.29, 1.82) is 0 Å². The van der Waals surface area contributed by atoms with Crippen LogP contribution in [0.2, 0.25) is 0 Å². The first-order valence-corrected chi connectivity index (χ1v) is 10.4. The lowest BCUT2D eigenvalue weighted by atomic mass is 10.1. The van der Waals surface area contributed by atoms with Crippen molar-refractivity contribution in [3.63, 3.8) is 0 Å². The van der Waals surface area contributed by atoms with E-state index in [0.717, 1.165) is 27.4 Å². The maximum absolute atomic E-state index is 12.6. The van der Waals surface area contributed by atoms with Crippen LogP contribution in [0.5, 0.6) is 0 Å². The largest absolute Gasteiger partial charge is 0.332 e. The van der Waals surface area contributed by atoms with Gasteiger partial charge in [-0.25, -0.2) is 4.98 Å². The van der Waals surface area contributed by atoms with Gasteiger partial charge in [0.05, 0.1) is 22.7 Å². The molecule has 4 rings (SSSR count). The van der Waals surface area contributed by atoms with Gasteiger partial charge >= 0.3 is 0 Å². The van der Waals surface area contributed by atoms with Crippen molar-refractivity contribution in [3.8, 4) is 0 Å². The van der Waals surface area contributed by atoms with Crippen LogP contribution in [0.3, 0.4) is 0 Å². The fourth-order valence-electron chi connectivity index (χ4n) is 2.68. The number of rotatable bonds is 3. The summed E-state index contributed by atoms with van der Waals surface area (Å²) in [6, 6.07) is 3.72. The van der Waals surface area contributed by atoms with E-state index in [0.29, 0.717) is 23.8 Å². The molecule has 0 spiro atoms. The molecule has 1 N–H and O–H groups in total. The predicted octanol–water partition coefficient (Wildman–Crippen LogP) is 4.03. The highest BCUT2D eigenvalue weighted by Crippen LogP contribution is 2.30. The third-order valence-electron chi connectivity index (χ3n) is 3.96. The van der Waals surface area contributed by atoms with E-state index in [1.807, 2.05) is 34.0 Å². The van der Waals surface area contributed by atoms with E-state index >= 15 is 0 Å². The summed E-state index contributed by atoms with van der Waals surface area (Å²) in [7, 11) is 0. The molecule has 0 bridgehead atoms. The zero-order valence-electron chi connectivity index (χ0n) is 13.4. The first kappa shape index (κ1) is 16.4. The normalized spacial score (nSPS) is 13.6. The van der Waals surface area contributed by atoms with E-state index in [-0.39, 0.29) is 11.8 Å². The Balaban J connectivity index is 1.47. The zero-order valence-corrected chi connectivity index (χ0v) is 15.9. The minimum Gasteiger partial charge on any atom is -0.332 e. The molecule has 0 radical (unpaired) electrons. The van der Waals surface area contributed by atoms with Gasteiger partial charge in [0.15, 0.2) is 5.13 Å². The molecule has 0 saturated heterocycles. The zero-order chi connectivity index (χ0) is 17.4. The number of hydrogen-bond acceptors (Lipinski definition) is 6. The van der Waals surface area contributed by atoms with Crippen molar-refractivity contribution in [1.82, 2.24) is 9.88 Å². The average Bonchev–Trinajstić information content (AvgIpc) is 3.33. The quantitative estimate of drug-likeness (QED) is 0.736. The molecule has 5 nitrogen and oxygen atoms in total. The SMILES string of the molecule is Cc1csc(C(=O)N2CCc3nc(NC(=O)c4ccsc4)sc3C2)c1. The number of carbonyl (C=O) groups excluding carboxylic acids is 2. The standard InChI is InChI=1S/C17H15N3O2S3/c1-10-6-13(24-8-10)16(22)20-4-2-12-14(7-20)25-17(18-12)19-15(21)11-3-5-23-9-11/h3,5-6,8-9H,2,4,7H2,1H3,(H,18,19,21). The van der Waals surface area contributed by atoms with Crippen molar-refractivity contribution in [2.24, 2.45) is 0 Å². The Morgan fingerprint density at radius 3 is 2.92 bits per heavy atom. The van der Waals surface area contributed by atoms with Crippen LogP contribution < -0.4 is 5.32 Å². The Morgan fingerprint density at radius 1 is 1.32 bits per heavy atom. The van der Waals surface area contributed by atoms with E-state index in [2.05, 4.69) is 10.3 Å². The summed E-state index contributed by atoms with van der Waals surface area (Å²) in [6.45, 7) is 3.20. The van der Waals surface area contributed by atoms with Crippen LogP contribution >= 0.6 is 34.0 Å². The van der Waals surface area contributed by atoms with Crippen LogP contribution in [-0.4, -0.2) is 28.2 Å². The minimum absolute atomic E-state index is 0.0704. The van der Waals surface area contributed by atoms with Crippen molar-refractivity contribution in [3.05, 3.63) is 54.8 Å². The third-order valence-corrected chi connectivity index (χ3v) is 6.68. The first-order chi connectivity index (χ1) is 12.1. The second-order valence-electron chi connectivity index (χ2n) is 5.82. The molecule has 25 heavy (non-hydrogen) atoms. The summed E-state index contributed by atoms with van der Waals surface area (Å²) < 4.78 is 0. The molecule has 0 atom stereocenters. The summed E-state index contributed by atoms with van der Waals surface area (Å²) in [5.74, 6) is -0.0738. The van der Waals surface area contributed by atoms with Crippen molar-refractivity contribution in [2.45, 2.75) is 19.9 Å². The van der Waals surface area contributed by atoms with Crippen LogP contribution in [0.15, 0.2) is 28.3 Å². The Hall–Kier alpha value is -2.03. The summed E-state index contributed by atoms with van der Waals surface area (Å²) in [5, 5.41) is 9.13. The van der Waals surface area contributed by atoms with Gasteiger partial charge in [0.1, 0.15) is 0 Å². The molecule has 0 aliphatic carbocycles. The Labute approximate surface area is 157 Å². The fraction of sp³-hybridized carbons (Fsp3) is 0.235. The highest BCUT2D eigenvalue weighted by Gasteiger charge is 2.26. The van der Waals surface area contributed by atoms with Crippen LogP contribution in [0.1, 0.15) is 36.2 Å². The number of aryl methyl sites for hydroxylation is 1. The van der Waals surface area contributed by atoms with Gasteiger partial charge in [0.25, 0.3) is 11.8 Å². The third kappa shape index (κ3) is 3.37. The molecule has 4 heterocycles. The molecular weight excluding hydrogens is 374 g/mol. The Bertz CT molecular complexity index is 927. The monoisotopic (exact) mass is 389 g/mol. The topological polar surface area (TPSA) is 62.3 Å². The van der Waals surface area contributed by atoms with Crippen LogP contribution in [0.25, 0.3) is 0 Å². The van der Waals surface area contributed by atoms with E-state index in [1.165, 1.54) is 34.0 Å². The van der Waals surface area contributed by atoms with Crippen molar-refractivity contribution >= 4 is 51.0 Å². The van der Waals surface area contributed by atoms with Crippen LogP contribution in [0.4, 0.5) is 5.13 Å². The number of nitrogens with one attached hydrogen (secondary N) is 1. The Kier molecular flexibility index (Phi) is 4.41. The second kappa shape index (κ2) is 6.70. The van der Waals surface area contributed by atoms with E-state index in [4.69, 9.17) is 0 Å². The average molecular weight is 390 g/mol. The number of aromatic nitrogens is 1. The Morgan fingerprint density at radius 2 is 2.20 bits per heavy atom. The van der Waals surface area contributed by atoms with Gasteiger partial charge in [-0.1, -0.05) is 11.3 Å². The number of amides is 2. The minimum atomic E-state index is -0.144. The highest BCUT2D eigenvalue weighted by atomic mass is 32.1. The molecule has 0 aromatic carbocycles. The number of fused-ring (bicyclic) bond motifs is 1. The van der Waals surface area contributed by atoms with Gasteiger partial charge in [0.2, 0.25) is 0 Å². The molecule has 1 aliphatic rings. The highest BCUT2D eigenvalue weighted by molar-refractivity contribution is 7.16. The van der Waals surface area contributed by atoms with Crippen molar-refractivity contribution in [2.75, 3.05) is 11.9 Å². The summed E-state index contributed by atoms with van der Waals surface area (Å²) >= 11 is 4.43. The molecule has 0 fully saturated rings. The molecule has 8 heteroatoms. The van der Waals surface area contributed by atoms with Gasteiger partial charge in [0, 0.05) is 23.2 Å². The molecule has 3 aromatic heterocycles. The van der Waals surface area contributed by atoms with Gasteiger partial charge in [-0.05, 0) is 35.4 Å². The lowest BCUT2D eigenvalue weighted by molar-refractivity contribution is 0.0741. The van der Waals surface area contributed by atoms with E-state index in [1.54, 1.807) is 6.07 Å². The summed E-state index contributed by atoms with van der Waals surface area (Å²) in [5.41, 5.74) is 2.74. The molecule has 2 amide bonds. The summed E-state index contributed by atoms with van der Waals surface area (Å²) in [6.07, 6.45) is 0.719.